The molecule has 5 nitrogen and oxygen atoms in total. The highest BCUT2D eigenvalue weighted by atomic mass is 35.5. The zero-order valence-electron chi connectivity index (χ0n) is 9.12. The number of halogens is 1. The number of aromatic nitrogens is 4. The third kappa shape index (κ3) is 2.50. The van der Waals surface area contributed by atoms with Crippen molar-refractivity contribution in [1.82, 2.24) is 19.6 Å². The normalized spacial score (nSPS) is 10.5. The van der Waals surface area contributed by atoms with E-state index in [1.807, 2.05) is 23.6 Å². The molecule has 0 saturated heterocycles. The Kier molecular flexibility index (Phi) is 3.52. The van der Waals surface area contributed by atoms with Crippen LogP contribution in [0.15, 0.2) is 26.9 Å². The van der Waals surface area contributed by atoms with Crippen molar-refractivity contribution >= 4 is 46.2 Å². The Balaban J connectivity index is 1.87. The second kappa shape index (κ2) is 5.30. The molecule has 1 N–H and O–H groups in total. The van der Waals surface area contributed by atoms with Gasteiger partial charge in [-0.1, -0.05) is 17.7 Å². The van der Waals surface area contributed by atoms with E-state index in [1.165, 1.54) is 23.3 Å². The zero-order chi connectivity index (χ0) is 13.2. The SMILES string of the molecule is N#Cc1c(Cl)nsc1Sc1n[nH]c(-c2cccs2)n1. The lowest BCUT2D eigenvalue weighted by atomic mass is 10.4. The van der Waals surface area contributed by atoms with E-state index >= 15 is 0 Å². The third-order valence-electron chi connectivity index (χ3n) is 2.13. The quantitative estimate of drug-likeness (QED) is 0.795. The molecule has 0 aromatic carbocycles. The van der Waals surface area contributed by atoms with E-state index in [2.05, 4.69) is 19.6 Å². The van der Waals surface area contributed by atoms with Gasteiger partial charge in [-0.05, 0) is 34.7 Å². The zero-order valence-corrected chi connectivity index (χ0v) is 12.3. The number of aromatic amines is 1. The molecular weight excluding hydrogens is 322 g/mol. The lowest BCUT2D eigenvalue weighted by Crippen LogP contribution is -1.77. The maximum Gasteiger partial charge on any atom is 0.214 e. The van der Waals surface area contributed by atoms with Crippen LogP contribution in [0.2, 0.25) is 5.15 Å². The van der Waals surface area contributed by atoms with Gasteiger partial charge >= 0.3 is 0 Å². The first-order chi connectivity index (χ1) is 9.28. The Hall–Kier alpha value is -1.40. The molecule has 3 aromatic rings. The summed E-state index contributed by atoms with van der Waals surface area (Å²) in [5, 5.41) is 18.7. The Morgan fingerprint density at radius 2 is 2.37 bits per heavy atom. The van der Waals surface area contributed by atoms with Crippen molar-refractivity contribution in [3.63, 3.8) is 0 Å². The van der Waals surface area contributed by atoms with Crippen molar-refractivity contribution in [2.24, 2.45) is 0 Å². The highest BCUT2D eigenvalue weighted by Crippen LogP contribution is 2.35. The molecule has 0 saturated carbocycles. The molecule has 0 fully saturated rings. The Bertz CT molecular complexity index is 740. The summed E-state index contributed by atoms with van der Waals surface area (Å²) in [5.74, 6) is 0.714. The summed E-state index contributed by atoms with van der Waals surface area (Å²) < 4.78 is 4.64. The standard InChI is InChI=1S/C10H4ClN5S3/c11-7-5(4-12)9(19-16-7)18-10-13-8(14-15-10)6-2-1-3-17-6/h1-3H,(H,13,14,15). The molecule has 0 spiro atoms. The van der Waals surface area contributed by atoms with Crippen LogP contribution in [0.4, 0.5) is 0 Å². The molecule has 19 heavy (non-hydrogen) atoms. The third-order valence-corrected chi connectivity index (χ3v) is 5.26. The number of nitrogens with one attached hydrogen (secondary N) is 1. The van der Waals surface area contributed by atoms with Crippen molar-refractivity contribution in [3.05, 3.63) is 28.2 Å². The minimum Gasteiger partial charge on any atom is -0.257 e. The van der Waals surface area contributed by atoms with E-state index in [1.54, 1.807) is 11.3 Å². The van der Waals surface area contributed by atoms with E-state index < -0.39 is 0 Å². The summed E-state index contributed by atoms with van der Waals surface area (Å²) in [6, 6.07) is 5.94. The van der Waals surface area contributed by atoms with Gasteiger partial charge in [-0.3, -0.25) is 5.10 Å². The summed E-state index contributed by atoms with van der Waals surface area (Å²) >= 11 is 9.84. The molecule has 0 atom stereocenters. The van der Waals surface area contributed by atoms with E-state index in [0.717, 1.165) is 4.88 Å². The molecule has 9 heteroatoms. The van der Waals surface area contributed by atoms with Crippen LogP contribution in [0.3, 0.4) is 0 Å². The summed E-state index contributed by atoms with van der Waals surface area (Å²) in [6.45, 7) is 0. The molecule has 0 amide bonds. The Morgan fingerprint density at radius 3 is 3.11 bits per heavy atom. The van der Waals surface area contributed by atoms with Gasteiger partial charge in [-0.25, -0.2) is 4.98 Å². The number of thiophene rings is 1. The summed E-state index contributed by atoms with van der Waals surface area (Å²) in [7, 11) is 0. The molecule has 3 rings (SSSR count). The molecule has 0 radical (unpaired) electrons. The average Bonchev–Trinajstić information content (AvgIpc) is 3.11. The van der Waals surface area contributed by atoms with Crippen LogP contribution in [0.5, 0.6) is 0 Å². The Labute approximate surface area is 125 Å². The van der Waals surface area contributed by atoms with Crippen LogP contribution < -0.4 is 0 Å². The predicted octanol–water partition coefficient (Wildman–Crippen LogP) is 3.67. The first-order valence-electron chi connectivity index (χ1n) is 4.97. The van der Waals surface area contributed by atoms with Crippen LogP contribution in [0.25, 0.3) is 10.7 Å². The van der Waals surface area contributed by atoms with Crippen LogP contribution in [-0.4, -0.2) is 19.6 Å². The molecule has 3 heterocycles. The summed E-state index contributed by atoms with van der Waals surface area (Å²) in [4.78, 5) is 5.38. The van der Waals surface area contributed by atoms with Gasteiger partial charge in [0.2, 0.25) is 5.16 Å². The van der Waals surface area contributed by atoms with Crippen LogP contribution >= 0.6 is 46.2 Å². The highest BCUT2D eigenvalue weighted by molar-refractivity contribution is 8.01. The van der Waals surface area contributed by atoms with Crippen molar-refractivity contribution in [1.29, 1.82) is 5.26 Å². The number of rotatable bonds is 3. The van der Waals surface area contributed by atoms with Crippen molar-refractivity contribution < 1.29 is 0 Å². The largest absolute Gasteiger partial charge is 0.257 e. The summed E-state index contributed by atoms with van der Waals surface area (Å²) in [5.41, 5.74) is 0.374. The van der Waals surface area contributed by atoms with Gasteiger partial charge in [0.25, 0.3) is 0 Å². The number of hydrogen-bond acceptors (Lipinski definition) is 7. The molecule has 0 aliphatic heterocycles. The van der Waals surface area contributed by atoms with Crippen LogP contribution in [0, 0.1) is 11.3 Å². The lowest BCUT2D eigenvalue weighted by Gasteiger charge is -1.90. The predicted molar refractivity (Wildman–Crippen MR) is 75.7 cm³/mol. The molecule has 0 aliphatic rings. The molecule has 0 bridgehead atoms. The van der Waals surface area contributed by atoms with Gasteiger partial charge in [-0.2, -0.15) is 9.64 Å². The topological polar surface area (TPSA) is 78.2 Å². The molecule has 0 unspecified atom stereocenters. The minimum atomic E-state index is 0.226. The lowest BCUT2D eigenvalue weighted by molar-refractivity contribution is 0.975. The second-order valence-corrected chi connectivity index (χ2v) is 6.61. The fourth-order valence-electron chi connectivity index (χ4n) is 1.32. The van der Waals surface area contributed by atoms with E-state index in [9.17, 15) is 0 Å². The fourth-order valence-corrected chi connectivity index (χ4v) is 3.94. The number of hydrogen-bond donors (Lipinski definition) is 1. The maximum absolute atomic E-state index is 8.99. The van der Waals surface area contributed by atoms with E-state index in [0.29, 0.717) is 20.8 Å². The fraction of sp³-hybridized carbons (Fsp3) is 0. The second-order valence-electron chi connectivity index (χ2n) is 3.29. The Morgan fingerprint density at radius 1 is 1.47 bits per heavy atom. The van der Waals surface area contributed by atoms with Gasteiger partial charge in [0.05, 0.1) is 4.88 Å². The molecule has 3 aromatic heterocycles. The number of H-pyrrole nitrogens is 1. The van der Waals surface area contributed by atoms with Crippen LogP contribution in [0.1, 0.15) is 5.56 Å². The molecule has 94 valence electrons. The first-order valence-corrected chi connectivity index (χ1v) is 7.82. The van der Waals surface area contributed by atoms with Gasteiger partial charge in [-0.15, -0.1) is 16.4 Å². The number of nitriles is 1. The first kappa shape index (κ1) is 12.6. The monoisotopic (exact) mass is 325 g/mol. The van der Waals surface area contributed by atoms with Gasteiger partial charge < -0.3 is 0 Å². The van der Waals surface area contributed by atoms with Gasteiger partial charge in [0.1, 0.15) is 15.8 Å². The average molecular weight is 326 g/mol. The van der Waals surface area contributed by atoms with E-state index in [4.69, 9.17) is 16.9 Å². The van der Waals surface area contributed by atoms with E-state index in [-0.39, 0.29) is 5.15 Å². The highest BCUT2D eigenvalue weighted by Gasteiger charge is 2.16. The van der Waals surface area contributed by atoms with Crippen LogP contribution in [-0.2, 0) is 0 Å². The minimum absolute atomic E-state index is 0.226. The van der Waals surface area contributed by atoms with Gasteiger partial charge in [0, 0.05) is 0 Å². The van der Waals surface area contributed by atoms with Crippen molar-refractivity contribution in [3.8, 4) is 16.8 Å². The van der Waals surface area contributed by atoms with Crippen molar-refractivity contribution in [2.75, 3.05) is 0 Å². The molecular formula is C10H4ClN5S3. The van der Waals surface area contributed by atoms with Gasteiger partial charge in [0.15, 0.2) is 11.0 Å². The van der Waals surface area contributed by atoms with Crippen molar-refractivity contribution in [2.45, 2.75) is 9.37 Å². The number of nitrogens with zero attached hydrogens (tertiary/aromatic N) is 4. The molecule has 0 aliphatic carbocycles. The maximum atomic E-state index is 8.99. The summed E-state index contributed by atoms with van der Waals surface area (Å²) in [6.07, 6.45) is 0. The smallest absolute Gasteiger partial charge is 0.214 e.